The summed E-state index contributed by atoms with van der Waals surface area (Å²) < 4.78 is 0. The molecule has 2 amide bonds. The first-order valence-corrected chi connectivity index (χ1v) is 9.86. The van der Waals surface area contributed by atoms with Crippen molar-refractivity contribution in [2.24, 2.45) is 0 Å². The molecular formula is C20H31N5O2+2. The number of benzene rings is 1. The molecule has 0 saturated carbocycles. The lowest BCUT2D eigenvalue weighted by molar-refractivity contribution is -1.00. The Labute approximate surface area is 161 Å². The number of hydrogen-bond donors (Lipinski definition) is 4. The summed E-state index contributed by atoms with van der Waals surface area (Å²) in [5.41, 5.74) is 4.95. The zero-order valence-corrected chi connectivity index (χ0v) is 16.1. The molecule has 1 fully saturated rings. The van der Waals surface area contributed by atoms with E-state index in [0.29, 0.717) is 13.0 Å². The van der Waals surface area contributed by atoms with Gasteiger partial charge in [-0.2, -0.15) is 0 Å². The number of likely N-dealkylation sites (N-methyl/N-ethyl adjacent to an activating group) is 1. The van der Waals surface area contributed by atoms with E-state index in [0.717, 1.165) is 24.2 Å². The lowest BCUT2D eigenvalue weighted by atomic mass is 10.1. The van der Waals surface area contributed by atoms with Crippen molar-refractivity contribution in [3.63, 3.8) is 0 Å². The van der Waals surface area contributed by atoms with E-state index in [1.165, 1.54) is 31.2 Å². The highest BCUT2D eigenvalue weighted by atomic mass is 16.2. The van der Waals surface area contributed by atoms with Crippen LogP contribution in [-0.2, 0) is 9.59 Å². The van der Waals surface area contributed by atoms with Gasteiger partial charge in [0.1, 0.15) is 32.7 Å². The molecule has 2 aliphatic rings. The molecule has 1 aromatic rings. The maximum absolute atomic E-state index is 12.2. The van der Waals surface area contributed by atoms with Crippen molar-refractivity contribution < 1.29 is 19.4 Å². The zero-order chi connectivity index (χ0) is 19.1. The summed E-state index contributed by atoms with van der Waals surface area (Å²) in [5, 5.41) is 4.35. The van der Waals surface area contributed by atoms with Gasteiger partial charge in [0, 0.05) is 19.4 Å². The third-order valence-electron chi connectivity index (χ3n) is 5.26. The summed E-state index contributed by atoms with van der Waals surface area (Å²) in [7, 11) is 2.24. The quantitative estimate of drug-likeness (QED) is 0.406. The summed E-state index contributed by atoms with van der Waals surface area (Å²) in [5.74, 6) is -0.211. The summed E-state index contributed by atoms with van der Waals surface area (Å²) in [6.45, 7) is 6.65. The topological polar surface area (TPSA) is 70.3 Å². The second kappa shape index (κ2) is 9.53. The van der Waals surface area contributed by atoms with Crippen LogP contribution in [0.5, 0.6) is 0 Å². The predicted molar refractivity (Wildman–Crippen MR) is 104 cm³/mol. The minimum absolute atomic E-state index is 0.0354. The number of rotatable bonds is 7. The van der Waals surface area contributed by atoms with E-state index in [-0.39, 0.29) is 18.4 Å². The molecule has 7 heteroatoms. The maximum atomic E-state index is 12.2. The lowest BCUT2D eigenvalue weighted by Crippen LogP contribution is -3.27. The Bertz CT molecular complexity index is 668. The van der Waals surface area contributed by atoms with Crippen molar-refractivity contribution in [3.8, 4) is 0 Å². The van der Waals surface area contributed by atoms with Crippen molar-refractivity contribution in [2.75, 3.05) is 52.9 Å². The first kappa shape index (κ1) is 19.4. The third kappa shape index (κ3) is 5.80. The van der Waals surface area contributed by atoms with Gasteiger partial charge in [0.25, 0.3) is 0 Å². The van der Waals surface area contributed by atoms with Crippen molar-refractivity contribution in [1.82, 2.24) is 15.8 Å². The van der Waals surface area contributed by atoms with Crippen molar-refractivity contribution in [3.05, 3.63) is 42.0 Å². The van der Waals surface area contributed by atoms with Crippen LogP contribution in [0.2, 0.25) is 0 Å². The molecule has 0 radical (unpaired) electrons. The summed E-state index contributed by atoms with van der Waals surface area (Å²) in [6, 6.07) is 9.82. The van der Waals surface area contributed by atoms with E-state index in [1.807, 2.05) is 36.4 Å². The number of carbonyl (C=O) groups is 2. The highest BCUT2D eigenvalue weighted by Gasteiger charge is 2.22. The van der Waals surface area contributed by atoms with E-state index in [9.17, 15) is 9.59 Å². The number of quaternary nitrogens is 2. The number of hydrogen-bond acceptors (Lipinski definition) is 3. The SMILES string of the molecule is C[NH+]1CC[NH+](CCCNC(=O)CN2NC(c3ccccc3)=CCC2=O)CC1. The molecule has 1 aromatic carbocycles. The Hall–Kier alpha value is -2.38. The summed E-state index contributed by atoms with van der Waals surface area (Å²) in [4.78, 5) is 27.6. The molecule has 0 aromatic heterocycles. The number of piperazine rings is 1. The van der Waals surface area contributed by atoms with E-state index in [4.69, 9.17) is 0 Å². The Morgan fingerprint density at radius 1 is 1.19 bits per heavy atom. The molecule has 0 atom stereocenters. The molecule has 146 valence electrons. The Morgan fingerprint density at radius 3 is 2.67 bits per heavy atom. The van der Waals surface area contributed by atoms with Gasteiger partial charge >= 0.3 is 0 Å². The van der Waals surface area contributed by atoms with Crippen LogP contribution in [0.1, 0.15) is 18.4 Å². The van der Waals surface area contributed by atoms with Crippen LogP contribution in [0.3, 0.4) is 0 Å². The van der Waals surface area contributed by atoms with E-state index in [2.05, 4.69) is 17.8 Å². The van der Waals surface area contributed by atoms with Crippen molar-refractivity contribution in [2.45, 2.75) is 12.8 Å². The van der Waals surface area contributed by atoms with Gasteiger partial charge in [0.2, 0.25) is 11.8 Å². The standard InChI is InChI=1S/C20H29N5O2/c1-23-12-14-24(15-13-23)11-5-10-21-19(26)16-25-20(27)9-8-18(22-25)17-6-3-2-4-7-17/h2-4,6-8,22H,5,9-16H2,1H3,(H,21,26)/p+2. The number of nitrogens with one attached hydrogen (secondary N) is 4. The first-order chi connectivity index (χ1) is 13.1. The molecular weight excluding hydrogens is 342 g/mol. The van der Waals surface area contributed by atoms with Gasteiger partial charge in [-0.3, -0.25) is 15.0 Å². The fourth-order valence-electron chi connectivity index (χ4n) is 3.53. The average Bonchev–Trinajstić information content (AvgIpc) is 2.69. The van der Waals surface area contributed by atoms with Gasteiger partial charge in [0.05, 0.1) is 19.3 Å². The average molecular weight is 374 g/mol. The number of amides is 2. The van der Waals surface area contributed by atoms with Crippen LogP contribution in [0.15, 0.2) is 36.4 Å². The van der Waals surface area contributed by atoms with Gasteiger partial charge in [-0.05, 0) is 11.6 Å². The van der Waals surface area contributed by atoms with E-state index >= 15 is 0 Å². The maximum Gasteiger partial charge on any atom is 0.245 e. The first-order valence-electron chi connectivity index (χ1n) is 9.86. The molecule has 0 spiro atoms. The normalized spacial score (nSPS) is 22.8. The van der Waals surface area contributed by atoms with Crippen molar-refractivity contribution in [1.29, 1.82) is 0 Å². The van der Waals surface area contributed by atoms with E-state index < -0.39 is 0 Å². The second-order valence-electron chi connectivity index (χ2n) is 7.44. The fraction of sp³-hybridized carbons (Fsp3) is 0.500. The Kier molecular flexibility index (Phi) is 6.84. The molecule has 2 heterocycles. The predicted octanol–water partition coefficient (Wildman–Crippen LogP) is -2.32. The Morgan fingerprint density at radius 2 is 1.93 bits per heavy atom. The second-order valence-corrected chi connectivity index (χ2v) is 7.44. The van der Waals surface area contributed by atoms with Gasteiger partial charge in [-0.15, -0.1) is 0 Å². The molecule has 27 heavy (non-hydrogen) atoms. The van der Waals surface area contributed by atoms with Gasteiger partial charge in [-0.25, -0.2) is 5.01 Å². The van der Waals surface area contributed by atoms with Crippen LogP contribution in [0.4, 0.5) is 0 Å². The molecule has 3 rings (SSSR count). The highest BCUT2D eigenvalue weighted by molar-refractivity contribution is 5.88. The molecule has 0 aliphatic carbocycles. The Balaban J connectivity index is 1.38. The smallest absolute Gasteiger partial charge is 0.245 e. The van der Waals surface area contributed by atoms with Crippen LogP contribution in [0, 0.1) is 0 Å². The lowest BCUT2D eigenvalue weighted by Gasteiger charge is -2.29. The molecule has 0 bridgehead atoms. The van der Waals surface area contributed by atoms with Gasteiger partial charge in [-0.1, -0.05) is 30.3 Å². The zero-order valence-electron chi connectivity index (χ0n) is 16.1. The number of nitrogens with zero attached hydrogens (tertiary/aromatic N) is 1. The molecule has 7 nitrogen and oxygen atoms in total. The molecule has 2 aliphatic heterocycles. The van der Waals surface area contributed by atoms with Gasteiger partial charge < -0.3 is 15.1 Å². The number of hydrazine groups is 1. The minimum atomic E-state index is -0.122. The minimum Gasteiger partial charge on any atom is -0.354 e. The van der Waals surface area contributed by atoms with E-state index in [1.54, 1.807) is 9.80 Å². The largest absolute Gasteiger partial charge is 0.354 e. The summed E-state index contributed by atoms with van der Waals surface area (Å²) >= 11 is 0. The van der Waals surface area contributed by atoms with Crippen molar-refractivity contribution >= 4 is 17.5 Å². The van der Waals surface area contributed by atoms with Gasteiger partial charge in [0.15, 0.2) is 0 Å². The fourth-order valence-corrected chi connectivity index (χ4v) is 3.53. The third-order valence-corrected chi connectivity index (χ3v) is 5.26. The monoisotopic (exact) mass is 373 g/mol. The molecule has 1 saturated heterocycles. The summed E-state index contributed by atoms with van der Waals surface area (Å²) in [6.07, 6.45) is 3.14. The number of carbonyl (C=O) groups excluding carboxylic acids is 2. The van der Waals surface area contributed by atoms with Crippen LogP contribution >= 0.6 is 0 Å². The highest BCUT2D eigenvalue weighted by Crippen LogP contribution is 2.16. The van der Waals surface area contributed by atoms with Crippen LogP contribution < -0.4 is 20.5 Å². The van der Waals surface area contributed by atoms with Crippen LogP contribution in [-0.4, -0.2) is 69.7 Å². The molecule has 0 unspecified atom stereocenters. The molecule has 4 N–H and O–H groups in total. The van der Waals surface area contributed by atoms with Crippen LogP contribution in [0.25, 0.3) is 5.70 Å².